The maximum absolute atomic E-state index is 12.5. The summed E-state index contributed by atoms with van der Waals surface area (Å²) in [6.07, 6.45) is -0.521. The summed E-state index contributed by atoms with van der Waals surface area (Å²) in [6.45, 7) is 1.90. The van der Waals surface area contributed by atoms with Gasteiger partial charge in [-0.25, -0.2) is 4.68 Å². The Labute approximate surface area is 145 Å². The molecule has 0 N–H and O–H groups in total. The second kappa shape index (κ2) is 5.91. The smallest absolute Gasteiger partial charge is 0.197 e. The molecular weight excluding hydrogens is 314 g/mol. The van der Waals surface area contributed by atoms with Crippen molar-refractivity contribution in [1.29, 1.82) is 5.26 Å². The van der Waals surface area contributed by atoms with Crippen molar-refractivity contribution >= 4 is 5.78 Å². The van der Waals surface area contributed by atoms with Crippen LogP contribution in [0.15, 0.2) is 54.6 Å². The fourth-order valence-corrected chi connectivity index (χ4v) is 3.21. The van der Waals surface area contributed by atoms with Crippen molar-refractivity contribution in [2.24, 2.45) is 0 Å². The summed E-state index contributed by atoms with van der Waals surface area (Å²) < 4.78 is 7.76. The molecule has 0 fully saturated rings. The largest absolute Gasteiger partial charge is 0.485 e. The van der Waals surface area contributed by atoms with Crippen LogP contribution in [0.25, 0.3) is 16.9 Å². The van der Waals surface area contributed by atoms with Crippen molar-refractivity contribution in [3.05, 3.63) is 65.9 Å². The molecule has 1 aromatic heterocycles. The van der Waals surface area contributed by atoms with Crippen LogP contribution in [0.5, 0.6) is 5.75 Å². The minimum atomic E-state index is -0.319. The quantitative estimate of drug-likeness (QED) is 0.679. The Morgan fingerprint density at radius 2 is 1.92 bits per heavy atom. The second-order valence-electron chi connectivity index (χ2n) is 5.87. The minimum Gasteiger partial charge on any atom is -0.485 e. The van der Waals surface area contributed by atoms with Crippen LogP contribution in [0.3, 0.4) is 0 Å². The number of rotatable bonds is 3. The molecule has 0 aliphatic carbocycles. The van der Waals surface area contributed by atoms with E-state index in [0.717, 1.165) is 28.3 Å². The Morgan fingerprint density at radius 3 is 2.68 bits per heavy atom. The van der Waals surface area contributed by atoms with Crippen molar-refractivity contribution in [2.75, 3.05) is 0 Å². The first-order valence-corrected chi connectivity index (χ1v) is 8.05. The Hall–Kier alpha value is -3.39. The van der Waals surface area contributed by atoms with Crippen LogP contribution in [0, 0.1) is 11.3 Å². The predicted octanol–water partition coefficient (Wildman–Crippen LogP) is 4.09. The fourth-order valence-electron chi connectivity index (χ4n) is 3.21. The zero-order chi connectivity index (χ0) is 17.4. The zero-order valence-corrected chi connectivity index (χ0v) is 13.6. The lowest BCUT2D eigenvalue weighted by molar-refractivity contribution is 0.0988. The zero-order valence-electron chi connectivity index (χ0n) is 13.6. The van der Waals surface area contributed by atoms with Gasteiger partial charge in [-0.05, 0) is 31.2 Å². The van der Waals surface area contributed by atoms with Gasteiger partial charge in [-0.15, -0.1) is 0 Å². The summed E-state index contributed by atoms with van der Waals surface area (Å²) in [5.74, 6) is 0.474. The Bertz CT molecular complexity index is 1000. The molecule has 5 heteroatoms. The monoisotopic (exact) mass is 329 g/mol. The third kappa shape index (κ3) is 2.39. The van der Waals surface area contributed by atoms with E-state index >= 15 is 0 Å². The first-order valence-electron chi connectivity index (χ1n) is 8.05. The van der Waals surface area contributed by atoms with Crippen LogP contribution in [-0.4, -0.2) is 15.6 Å². The van der Waals surface area contributed by atoms with Gasteiger partial charge in [-0.2, -0.15) is 10.4 Å². The van der Waals surface area contributed by atoms with Gasteiger partial charge in [0.25, 0.3) is 0 Å². The molecule has 0 bridgehead atoms. The SMILES string of the molecule is CC1Oc2ccccc2-c2c1c(C(=O)CC#N)nn2-c1ccccc1. The van der Waals surface area contributed by atoms with E-state index in [9.17, 15) is 4.79 Å². The van der Waals surface area contributed by atoms with Gasteiger partial charge in [0.15, 0.2) is 5.78 Å². The van der Waals surface area contributed by atoms with E-state index in [1.807, 2.05) is 67.6 Å². The standard InChI is InChI=1S/C20H15N3O2/c1-13-18-19(16(24)11-12-21)22-23(14-7-3-2-4-8-14)20(18)15-9-5-6-10-17(15)25-13/h2-10,13H,11H2,1H3. The highest BCUT2D eigenvalue weighted by Crippen LogP contribution is 2.44. The van der Waals surface area contributed by atoms with Gasteiger partial charge in [0, 0.05) is 11.1 Å². The molecule has 2 heterocycles. The van der Waals surface area contributed by atoms with Gasteiger partial charge in [0.05, 0.1) is 17.5 Å². The van der Waals surface area contributed by atoms with Gasteiger partial charge < -0.3 is 4.74 Å². The number of carbonyl (C=O) groups is 1. The number of fused-ring (bicyclic) bond motifs is 3. The van der Waals surface area contributed by atoms with Crippen LogP contribution >= 0.6 is 0 Å². The van der Waals surface area contributed by atoms with Crippen molar-refractivity contribution < 1.29 is 9.53 Å². The summed E-state index contributed by atoms with van der Waals surface area (Å²) in [6, 6.07) is 19.3. The van der Waals surface area contributed by atoms with Crippen LogP contribution < -0.4 is 4.74 Å². The van der Waals surface area contributed by atoms with E-state index in [1.54, 1.807) is 4.68 Å². The highest BCUT2D eigenvalue weighted by Gasteiger charge is 2.33. The second-order valence-corrected chi connectivity index (χ2v) is 5.87. The summed E-state index contributed by atoms with van der Waals surface area (Å²) >= 11 is 0. The van der Waals surface area contributed by atoms with Crippen LogP contribution in [0.1, 0.15) is 35.5 Å². The van der Waals surface area contributed by atoms with Crippen molar-refractivity contribution in [3.8, 4) is 28.8 Å². The number of benzene rings is 2. The average Bonchev–Trinajstić information content (AvgIpc) is 3.04. The third-order valence-electron chi connectivity index (χ3n) is 4.28. The molecule has 0 saturated heterocycles. The lowest BCUT2D eigenvalue weighted by Crippen LogP contribution is -2.14. The van der Waals surface area contributed by atoms with Gasteiger partial charge in [-0.1, -0.05) is 30.3 Å². The number of nitriles is 1. The first kappa shape index (κ1) is 15.2. The number of ketones is 1. The summed E-state index contributed by atoms with van der Waals surface area (Å²) in [5.41, 5.74) is 3.65. The van der Waals surface area contributed by atoms with E-state index in [0.29, 0.717) is 5.69 Å². The molecule has 0 amide bonds. The average molecular weight is 329 g/mol. The number of Topliss-reactive ketones (excluding diaryl/α,β-unsaturated/α-hetero) is 1. The normalized spacial score (nSPS) is 14.8. The van der Waals surface area contributed by atoms with E-state index in [1.165, 1.54) is 0 Å². The highest BCUT2D eigenvalue weighted by molar-refractivity contribution is 5.99. The molecule has 0 spiro atoms. The predicted molar refractivity (Wildman–Crippen MR) is 92.6 cm³/mol. The maximum atomic E-state index is 12.5. The van der Waals surface area contributed by atoms with Crippen molar-refractivity contribution in [3.63, 3.8) is 0 Å². The van der Waals surface area contributed by atoms with Gasteiger partial charge >= 0.3 is 0 Å². The summed E-state index contributed by atoms with van der Waals surface area (Å²) in [5, 5.41) is 13.5. The number of carbonyl (C=O) groups excluding carboxylic acids is 1. The molecule has 0 saturated carbocycles. The number of ether oxygens (including phenoxy) is 1. The van der Waals surface area contributed by atoms with E-state index in [-0.39, 0.29) is 18.3 Å². The van der Waals surface area contributed by atoms with Crippen LogP contribution in [0.4, 0.5) is 0 Å². The molecule has 0 radical (unpaired) electrons. The Balaban J connectivity index is 2.03. The lowest BCUT2D eigenvalue weighted by atomic mass is 9.96. The van der Waals surface area contributed by atoms with E-state index in [2.05, 4.69) is 5.10 Å². The molecule has 4 rings (SSSR count). The van der Waals surface area contributed by atoms with Gasteiger partial charge in [0.2, 0.25) is 0 Å². The Morgan fingerprint density at radius 1 is 1.20 bits per heavy atom. The molecule has 1 aliphatic rings. The topological polar surface area (TPSA) is 67.9 Å². The van der Waals surface area contributed by atoms with E-state index < -0.39 is 0 Å². The molecule has 3 aromatic rings. The molecule has 1 atom stereocenters. The molecule has 1 aliphatic heterocycles. The van der Waals surface area contributed by atoms with Crippen LogP contribution in [0.2, 0.25) is 0 Å². The molecule has 2 aromatic carbocycles. The molecule has 1 unspecified atom stereocenters. The maximum Gasteiger partial charge on any atom is 0.197 e. The van der Waals surface area contributed by atoms with Crippen LogP contribution in [-0.2, 0) is 0 Å². The number of hydrogen-bond donors (Lipinski definition) is 0. The number of para-hydroxylation sites is 2. The van der Waals surface area contributed by atoms with Gasteiger partial charge in [0.1, 0.15) is 24.0 Å². The first-order chi connectivity index (χ1) is 12.2. The molecule has 122 valence electrons. The van der Waals surface area contributed by atoms with Crippen molar-refractivity contribution in [1.82, 2.24) is 9.78 Å². The fraction of sp³-hybridized carbons (Fsp3) is 0.150. The highest BCUT2D eigenvalue weighted by atomic mass is 16.5. The summed E-state index contributed by atoms with van der Waals surface area (Å²) in [7, 11) is 0. The summed E-state index contributed by atoms with van der Waals surface area (Å²) in [4.78, 5) is 12.5. The van der Waals surface area contributed by atoms with E-state index in [4.69, 9.17) is 10.00 Å². The minimum absolute atomic E-state index is 0.202. The van der Waals surface area contributed by atoms with Crippen molar-refractivity contribution in [2.45, 2.75) is 19.4 Å². The number of hydrogen-bond acceptors (Lipinski definition) is 4. The van der Waals surface area contributed by atoms with Gasteiger partial charge in [-0.3, -0.25) is 4.79 Å². The Kier molecular flexibility index (Phi) is 3.58. The third-order valence-corrected chi connectivity index (χ3v) is 4.28. The molecule has 5 nitrogen and oxygen atoms in total. The molecule has 25 heavy (non-hydrogen) atoms. The number of aromatic nitrogens is 2. The molecular formula is C20H15N3O2. The lowest BCUT2D eigenvalue weighted by Gasteiger charge is -2.25. The number of nitrogens with zero attached hydrogens (tertiary/aromatic N) is 3.